The van der Waals surface area contributed by atoms with Crippen LogP contribution in [0.4, 0.5) is 5.69 Å². The van der Waals surface area contributed by atoms with Crippen molar-refractivity contribution in [3.8, 4) is 17.2 Å². The molecule has 2 aromatic carbocycles. The Morgan fingerprint density at radius 2 is 1.90 bits per heavy atom. The normalized spacial score (nSPS) is 11.9. The lowest BCUT2D eigenvalue weighted by atomic mass is 10.2. The summed E-state index contributed by atoms with van der Waals surface area (Å²) in [7, 11) is 0. The maximum absolute atomic E-state index is 12.6. The van der Waals surface area contributed by atoms with E-state index in [0.29, 0.717) is 22.9 Å². The smallest absolute Gasteiger partial charge is 0.244 e. The van der Waals surface area contributed by atoms with Crippen LogP contribution in [0.15, 0.2) is 59.5 Å². The molecule has 0 aliphatic carbocycles. The predicted molar refractivity (Wildman–Crippen MR) is 113 cm³/mol. The number of hydrogen-bond acceptors (Lipinski definition) is 6. The summed E-state index contributed by atoms with van der Waals surface area (Å²) in [6.07, 6.45) is 1.45. The molecule has 4 rings (SSSR count). The van der Waals surface area contributed by atoms with Gasteiger partial charge in [0.1, 0.15) is 13.2 Å². The van der Waals surface area contributed by atoms with Gasteiger partial charge in [-0.05, 0) is 24.6 Å². The summed E-state index contributed by atoms with van der Waals surface area (Å²) >= 11 is 0. The van der Waals surface area contributed by atoms with Crippen molar-refractivity contribution < 1.29 is 24.1 Å². The van der Waals surface area contributed by atoms with Crippen LogP contribution in [0.1, 0.15) is 16.8 Å². The Bertz CT molecular complexity index is 1150. The number of aromatic nitrogens is 1. The Kier molecular flexibility index (Phi) is 5.90. The van der Waals surface area contributed by atoms with E-state index in [2.05, 4.69) is 5.32 Å². The lowest BCUT2D eigenvalue weighted by Gasteiger charge is -2.14. The van der Waals surface area contributed by atoms with Crippen LogP contribution >= 0.6 is 0 Å². The fraction of sp³-hybridized carbons (Fsp3) is 0.217. The number of aryl methyl sites for hydroxylation is 1. The Balaban J connectivity index is 1.47. The fourth-order valence-electron chi connectivity index (χ4n) is 3.16. The largest absolute Gasteiger partial charge is 0.483 e. The summed E-state index contributed by atoms with van der Waals surface area (Å²) in [5.74, 6) is 0.954. The van der Waals surface area contributed by atoms with Gasteiger partial charge in [0.05, 0.1) is 12.8 Å². The number of fused-ring (bicyclic) bond motifs is 1. The summed E-state index contributed by atoms with van der Waals surface area (Å²) in [5, 5.41) is 12.4. The third-order valence-electron chi connectivity index (χ3n) is 4.83. The lowest BCUT2D eigenvalue weighted by Crippen LogP contribution is -2.23. The first-order valence-electron chi connectivity index (χ1n) is 9.74. The molecule has 0 unspecified atom stereocenters. The highest BCUT2D eigenvalue weighted by Crippen LogP contribution is 2.34. The number of amides is 1. The van der Waals surface area contributed by atoms with Gasteiger partial charge in [0.15, 0.2) is 17.2 Å². The summed E-state index contributed by atoms with van der Waals surface area (Å²) in [6, 6.07) is 14.2. The van der Waals surface area contributed by atoms with Gasteiger partial charge in [-0.25, -0.2) is 0 Å². The molecule has 1 aliphatic heterocycles. The van der Waals surface area contributed by atoms with Gasteiger partial charge in [0.25, 0.3) is 0 Å². The van der Waals surface area contributed by atoms with Crippen molar-refractivity contribution in [1.82, 2.24) is 4.57 Å². The predicted octanol–water partition coefficient (Wildman–Crippen LogP) is 2.60. The average Bonchev–Trinajstić information content (AvgIpc) is 3.22. The molecule has 1 amide bonds. The van der Waals surface area contributed by atoms with Gasteiger partial charge < -0.3 is 29.2 Å². The summed E-state index contributed by atoms with van der Waals surface area (Å²) < 4.78 is 17.7. The number of benzene rings is 2. The van der Waals surface area contributed by atoms with Crippen molar-refractivity contribution in [3.05, 3.63) is 81.8 Å². The lowest BCUT2D eigenvalue weighted by molar-refractivity contribution is -0.116. The topological polar surface area (TPSA) is 99.0 Å². The molecule has 8 nitrogen and oxygen atoms in total. The number of hydrogen-bond donors (Lipinski definition) is 2. The Labute approximate surface area is 178 Å². The first-order chi connectivity index (χ1) is 15.0. The quantitative estimate of drug-likeness (QED) is 0.607. The molecule has 0 fully saturated rings. The highest BCUT2D eigenvalue weighted by molar-refractivity contribution is 5.91. The van der Waals surface area contributed by atoms with Crippen LogP contribution in [0, 0.1) is 6.92 Å². The number of aliphatic hydroxyl groups excluding tert-OH is 1. The molecule has 0 saturated heterocycles. The van der Waals surface area contributed by atoms with Crippen molar-refractivity contribution in [1.29, 1.82) is 0 Å². The molecule has 3 aromatic rings. The molecular weight excluding hydrogens is 400 g/mol. The van der Waals surface area contributed by atoms with E-state index >= 15 is 0 Å². The Hall–Kier alpha value is -3.78. The van der Waals surface area contributed by atoms with E-state index < -0.39 is 0 Å². The van der Waals surface area contributed by atoms with Gasteiger partial charge in [-0.3, -0.25) is 9.59 Å². The number of rotatable bonds is 7. The molecular formula is C23H22N2O6. The molecule has 160 valence electrons. The van der Waals surface area contributed by atoms with Crippen LogP contribution in [0.2, 0.25) is 0 Å². The molecule has 0 bridgehead atoms. The minimum absolute atomic E-state index is 0.105. The van der Waals surface area contributed by atoms with Crippen molar-refractivity contribution in [2.75, 3.05) is 12.1 Å². The minimum atomic E-state index is -0.384. The second kappa shape index (κ2) is 8.93. The van der Waals surface area contributed by atoms with Crippen molar-refractivity contribution in [3.63, 3.8) is 0 Å². The standard InChI is InChI=1S/C23H22N2O6/c1-15-2-4-16(5-3-15)13-29-22-10-25(18(12-26)9-19(22)27)11-23(28)24-17-6-7-20-21(8-17)31-14-30-20/h2-10,26H,11-14H2,1H3,(H,24,28). The summed E-state index contributed by atoms with van der Waals surface area (Å²) in [4.78, 5) is 24.9. The van der Waals surface area contributed by atoms with Gasteiger partial charge in [0, 0.05) is 23.5 Å². The van der Waals surface area contributed by atoms with Gasteiger partial charge in [-0.15, -0.1) is 0 Å². The van der Waals surface area contributed by atoms with Crippen LogP contribution in [0.3, 0.4) is 0 Å². The molecule has 2 N–H and O–H groups in total. The molecule has 31 heavy (non-hydrogen) atoms. The monoisotopic (exact) mass is 422 g/mol. The van der Waals surface area contributed by atoms with Crippen LogP contribution < -0.4 is 25.0 Å². The number of carbonyl (C=O) groups excluding carboxylic acids is 1. The van der Waals surface area contributed by atoms with E-state index in [1.807, 2.05) is 31.2 Å². The van der Waals surface area contributed by atoms with E-state index in [-0.39, 0.29) is 43.6 Å². The van der Waals surface area contributed by atoms with Gasteiger partial charge in [0.2, 0.25) is 18.1 Å². The van der Waals surface area contributed by atoms with E-state index in [1.54, 1.807) is 18.2 Å². The van der Waals surface area contributed by atoms with Crippen molar-refractivity contribution in [2.24, 2.45) is 0 Å². The van der Waals surface area contributed by atoms with Crippen molar-refractivity contribution >= 4 is 11.6 Å². The van der Waals surface area contributed by atoms with Crippen LogP contribution in [-0.2, 0) is 24.6 Å². The number of ether oxygens (including phenoxy) is 3. The molecule has 1 aliphatic rings. The Morgan fingerprint density at radius 1 is 1.13 bits per heavy atom. The maximum Gasteiger partial charge on any atom is 0.244 e. The minimum Gasteiger partial charge on any atom is -0.483 e. The van der Waals surface area contributed by atoms with E-state index in [0.717, 1.165) is 11.1 Å². The number of anilines is 1. The van der Waals surface area contributed by atoms with Crippen LogP contribution in [0.25, 0.3) is 0 Å². The highest BCUT2D eigenvalue weighted by atomic mass is 16.7. The average molecular weight is 422 g/mol. The summed E-state index contributed by atoms with van der Waals surface area (Å²) in [5.41, 5.74) is 2.56. The number of nitrogens with zero attached hydrogens (tertiary/aromatic N) is 1. The van der Waals surface area contributed by atoms with E-state index in [1.165, 1.54) is 16.8 Å². The highest BCUT2D eigenvalue weighted by Gasteiger charge is 2.15. The molecule has 2 heterocycles. The third-order valence-corrected chi connectivity index (χ3v) is 4.83. The Morgan fingerprint density at radius 3 is 2.68 bits per heavy atom. The second-order valence-corrected chi connectivity index (χ2v) is 7.17. The number of pyridine rings is 1. The number of nitrogens with one attached hydrogen (secondary N) is 1. The maximum atomic E-state index is 12.6. The van der Waals surface area contributed by atoms with Gasteiger partial charge in [-0.2, -0.15) is 0 Å². The zero-order valence-electron chi connectivity index (χ0n) is 17.0. The third kappa shape index (κ3) is 4.87. The van der Waals surface area contributed by atoms with Crippen LogP contribution in [0.5, 0.6) is 17.2 Å². The van der Waals surface area contributed by atoms with Gasteiger partial charge in [-0.1, -0.05) is 29.8 Å². The molecule has 1 aromatic heterocycles. The molecule has 0 radical (unpaired) electrons. The molecule has 0 atom stereocenters. The second-order valence-electron chi connectivity index (χ2n) is 7.17. The first kappa shape index (κ1) is 20.5. The number of carbonyl (C=O) groups is 1. The number of aliphatic hydroxyl groups is 1. The SMILES string of the molecule is Cc1ccc(COc2cn(CC(=O)Nc3ccc4c(c3)OCO4)c(CO)cc2=O)cc1. The zero-order chi connectivity index (χ0) is 21.8. The van der Waals surface area contributed by atoms with Crippen LogP contribution in [-0.4, -0.2) is 22.4 Å². The molecule has 8 heteroatoms. The zero-order valence-corrected chi connectivity index (χ0v) is 17.0. The van der Waals surface area contributed by atoms with E-state index in [9.17, 15) is 14.7 Å². The van der Waals surface area contributed by atoms with Gasteiger partial charge >= 0.3 is 0 Å². The van der Waals surface area contributed by atoms with E-state index in [4.69, 9.17) is 14.2 Å². The van der Waals surface area contributed by atoms with Crippen molar-refractivity contribution in [2.45, 2.75) is 26.7 Å². The summed E-state index contributed by atoms with van der Waals surface area (Å²) in [6.45, 7) is 1.87. The first-order valence-corrected chi connectivity index (χ1v) is 9.74. The molecule has 0 saturated carbocycles. The fourth-order valence-corrected chi connectivity index (χ4v) is 3.16. The molecule has 0 spiro atoms.